The first-order valence-corrected chi connectivity index (χ1v) is 8.72. The Bertz CT molecular complexity index is 874. The van der Waals surface area contributed by atoms with Crippen LogP contribution in [0.2, 0.25) is 0 Å². The number of hydrogen-bond donors (Lipinski definition) is 0. The van der Waals surface area contributed by atoms with Gasteiger partial charge in [0.15, 0.2) is 0 Å². The molecular formula is C19H17NO2S. The Morgan fingerprint density at radius 1 is 0.652 bits per heavy atom. The van der Waals surface area contributed by atoms with Crippen LogP contribution in [0, 0.1) is 0 Å². The first-order chi connectivity index (χ1) is 11.1. The lowest BCUT2D eigenvalue weighted by Gasteiger charge is -2.19. The first-order valence-electron chi connectivity index (χ1n) is 7.28. The van der Waals surface area contributed by atoms with Crippen LogP contribution in [0.15, 0.2) is 89.8 Å². The van der Waals surface area contributed by atoms with Gasteiger partial charge in [-0.3, -0.25) is 4.31 Å². The van der Waals surface area contributed by atoms with E-state index in [2.05, 4.69) is 0 Å². The molecule has 0 aromatic heterocycles. The van der Waals surface area contributed by atoms with Crippen LogP contribution in [0.3, 0.4) is 0 Å². The van der Waals surface area contributed by atoms with Crippen molar-refractivity contribution in [2.75, 3.05) is 11.4 Å². The zero-order valence-electron chi connectivity index (χ0n) is 12.8. The Morgan fingerprint density at radius 2 is 1.13 bits per heavy atom. The maximum Gasteiger partial charge on any atom is 0.264 e. The summed E-state index contributed by atoms with van der Waals surface area (Å²) < 4.78 is 26.7. The van der Waals surface area contributed by atoms with Crippen LogP contribution in [-0.2, 0) is 10.0 Å². The summed E-state index contributed by atoms with van der Waals surface area (Å²) in [5.41, 5.74) is 2.69. The van der Waals surface area contributed by atoms with E-state index in [1.165, 1.54) is 4.31 Å². The number of benzene rings is 3. The summed E-state index contributed by atoms with van der Waals surface area (Å²) in [6.07, 6.45) is 0. The van der Waals surface area contributed by atoms with Crippen molar-refractivity contribution in [3.63, 3.8) is 0 Å². The molecule has 3 rings (SSSR count). The summed E-state index contributed by atoms with van der Waals surface area (Å²) in [6.45, 7) is 0. The molecule has 0 radical (unpaired) electrons. The molecule has 3 aromatic carbocycles. The minimum Gasteiger partial charge on any atom is -0.269 e. The van der Waals surface area contributed by atoms with E-state index in [1.807, 2.05) is 60.7 Å². The van der Waals surface area contributed by atoms with E-state index >= 15 is 0 Å². The average molecular weight is 323 g/mol. The number of anilines is 1. The summed E-state index contributed by atoms with van der Waals surface area (Å²) in [5, 5.41) is 0. The monoisotopic (exact) mass is 323 g/mol. The first kappa shape index (κ1) is 15.3. The second-order valence-electron chi connectivity index (χ2n) is 5.20. The lowest BCUT2D eigenvalue weighted by Crippen LogP contribution is -2.26. The highest BCUT2D eigenvalue weighted by Gasteiger charge is 2.20. The van der Waals surface area contributed by atoms with Crippen LogP contribution >= 0.6 is 0 Å². The van der Waals surface area contributed by atoms with Gasteiger partial charge in [0.2, 0.25) is 0 Å². The van der Waals surface area contributed by atoms with Crippen molar-refractivity contribution in [2.24, 2.45) is 0 Å². The van der Waals surface area contributed by atoms with E-state index in [1.54, 1.807) is 31.3 Å². The van der Waals surface area contributed by atoms with Crippen molar-refractivity contribution in [3.05, 3.63) is 84.9 Å². The van der Waals surface area contributed by atoms with Gasteiger partial charge in [-0.1, -0.05) is 60.7 Å². The van der Waals surface area contributed by atoms with Gasteiger partial charge in [0, 0.05) is 7.05 Å². The molecule has 0 atom stereocenters. The van der Waals surface area contributed by atoms with E-state index in [9.17, 15) is 8.42 Å². The van der Waals surface area contributed by atoms with Gasteiger partial charge in [0.1, 0.15) is 0 Å². The summed E-state index contributed by atoms with van der Waals surface area (Å²) in [5.74, 6) is 0. The third kappa shape index (κ3) is 3.12. The van der Waals surface area contributed by atoms with Crippen LogP contribution in [0.25, 0.3) is 11.1 Å². The molecule has 0 aliphatic heterocycles. The van der Waals surface area contributed by atoms with Crippen molar-refractivity contribution < 1.29 is 8.42 Å². The van der Waals surface area contributed by atoms with Gasteiger partial charge in [-0.15, -0.1) is 0 Å². The molecule has 3 nitrogen and oxygen atoms in total. The van der Waals surface area contributed by atoms with Gasteiger partial charge < -0.3 is 0 Å². The highest BCUT2D eigenvalue weighted by molar-refractivity contribution is 7.92. The smallest absolute Gasteiger partial charge is 0.264 e. The SMILES string of the molecule is CN(c1ccccc1)S(=O)(=O)c1ccc(-c2ccccc2)cc1. The molecule has 0 saturated carbocycles. The quantitative estimate of drug-likeness (QED) is 0.722. The van der Waals surface area contributed by atoms with Crippen molar-refractivity contribution in [3.8, 4) is 11.1 Å². The van der Waals surface area contributed by atoms with E-state index in [0.29, 0.717) is 5.69 Å². The predicted molar refractivity (Wildman–Crippen MR) is 93.9 cm³/mol. The number of hydrogen-bond acceptors (Lipinski definition) is 2. The molecule has 0 bridgehead atoms. The van der Waals surface area contributed by atoms with Crippen molar-refractivity contribution >= 4 is 15.7 Å². The van der Waals surface area contributed by atoms with Crippen LogP contribution < -0.4 is 4.31 Å². The standard InChI is InChI=1S/C19H17NO2S/c1-20(18-10-6-3-7-11-18)23(21,22)19-14-12-17(13-15-19)16-8-4-2-5-9-16/h2-15H,1H3. The van der Waals surface area contributed by atoms with Crippen LogP contribution in [0.1, 0.15) is 0 Å². The summed E-state index contributed by atoms with van der Waals surface area (Å²) in [7, 11) is -1.99. The molecule has 0 spiro atoms. The molecule has 0 N–H and O–H groups in total. The average Bonchev–Trinajstić information content (AvgIpc) is 2.62. The fourth-order valence-electron chi connectivity index (χ4n) is 2.38. The molecule has 3 aromatic rings. The Labute approximate surface area is 136 Å². The maximum absolute atomic E-state index is 12.7. The Hall–Kier alpha value is -2.59. The molecule has 0 heterocycles. The second-order valence-corrected chi connectivity index (χ2v) is 7.17. The summed E-state index contributed by atoms with van der Waals surface area (Å²) in [4.78, 5) is 0.281. The van der Waals surface area contributed by atoms with E-state index in [4.69, 9.17) is 0 Å². The summed E-state index contributed by atoms with van der Waals surface area (Å²) >= 11 is 0. The van der Waals surface area contributed by atoms with Crippen LogP contribution in [-0.4, -0.2) is 15.5 Å². The lowest BCUT2D eigenvalue weighted by atomic mass is 10.1. The predicted octanol–water partition coefficient (Wildman–Crippen LogP) is 4.18. The van der Waals surface area contributed by atoms with Gasteiger partial charge >= 0.3 is 0 Å². The molecular weight excluding hydrogens is 306 g/mol. The second kappa shape index (κ2) is 6.26. The molecule has 0 saturated heterocycles. The Balaban J connectivity index is 1.92. The number of rotatable bonds is 4. The van der Waals surface area contributed by atoms with Gasteiger partial charge in [-0.25, -0.2) is 8.42 Å². The van der Waals surface area contributed by atoms with Crippen molar-refractivity contribution in [1.82, 2.24) is 0 Å². The zero-order valence-corrected chi connectivity index (χ0v) is 13.6. The molecule has 4 heteroatoms. The normalized spacial score (nSPS) is 11.2. The number of para-hydroxylation sites is 1. The largest absolute Gasteiger partial charge is 0.269 e. The third-order valence-electron chi connectivity index (χ3n) is 3.74. The van der Waals surface area contributed by atoms with Crippen molar-refractivity contribution in [2.45, 2.75) is 4.90 Å². The number of sulfonamides is 1. The highest BCUT2D eigenvalue weighted by atomic mass is 32.2. The Morgan fingerprint density at radius 3 is 1.70 bits per heavy atom. The van der Waals surface area contributed by atoms with Gasteiger partial charge in [-0.2, -0.15) is 0 Å². The van der Waals surface area contributed by atoms with Gasteiger partial charge in [0.05, 0.1) is 10.6 Å². The minimum atomic E-state index is -3.56. The molecule has 0 amide bonds. The van der Waals surface area contributed by atoms with Gasteiger partial charge in [-0.05, 0) is 35.4 Å². The molecule has 116 valence electrons. The maximum atomic E-state index is 12.7. The fourth-order valence-corrected chi connectivity index (χ4v) is 3.58. The molecule has 23 heavy (non-hydrogen) atoms. The third-order valence-corrected chi connectivity index (χ3v) is 5.54. The van der Waals surface area contributed by atoms with Crippen molar-refractivity contribution in [1.29, 1.82) is 0 Å². The van der Waals surface area contributed by atoms with Gasteiger partial charge in [0.25, 0.3) is 10.0 Å². The fraction of sp³-hybridized carbons (Fsp3) is 0.0526. The number of nitrogens with zero attached hydrogens (tertiary/aromatic N) is 1. The summed E-state index contributed by atoms with van der Waals surface area (Å²) in [6, 6.07) is 25.9. The van der Waals surface area contributed by atoms with Crippen LogP contribution in [0.5, 0.6) is 0 Å². The topological polar surface area (TPSA) is 37.4 Å². The molecule has 0 aliphatic rings. The highest BCUT2D eigenvalue weighted by Crippen LogP contribution is 2.25. The van der Waals surface area contributed by atoms with E-state index in [-0.39, 0.29) is 4.90 Å². The molecule has 0 aliphatic carbocycles. The lowest BCUT2D eigenvalue weighted by molar-refractivity contribution is 0.594. The van der Waals surface area contributed by atoms with Crippen LogP contribution in [0.4, 0.5) is 5.69 Å². The Kier molecular flexibility index (Phi) is 4.17. The minimum absolute atomic E-state index is 0.281. The molecule has 0 unspecified atom stereocenters. The zero-order chi connectivity index (χ0) is 16.3. The van der Waals surface area contributed by atoms with E-state index < -0.39 is 10.0 Å². The molecule has 0 fully saturated rings. The van der Waals surface area contributed by atoms with E-state index in [0.717, 1.165) is 11.1 Å².